The second kappa shape index (κ2) is 3.67. The van der Waals surface area contributed by atoms with Crippen molar-refractivity contribution in [3.8, 4) is 0 Å². The average Bonchev–Trinajstić information content (AvgIpc) is 2.04. The minimum Gasteiger partial charge on any atom is -0.394 e. The number of nitrogens with two attached hydrogens (primary N) is 1. The molecule has 11 heavy (non-hydrogen) atoms. The van der Waals surface area contributed by atoms with Gasteiger partial charge >= 0.3 is 0 Å². The molecule has 1 aromatic rings. The van der Waals surface area contributed by atoms with E-state index in [9.17, 15) is 0 Å². The molecule has 0 radical (unpaired) electrons. The van der Waals surface area contributed by atoms with Gasteiger partial charge < -0.3 is 10.8 Å². The predicted octanol–water partition coefficient (Wildman–Crippen LogP) is 0.727. The number of hydrogen-bond acceptors (Lipinski definition) is 3. The summed E-state index contributed by atoms with van der Waals surface area (Å²) in [6.45, 7) is -0.120. The number of rotatable bonds is 2. The standard InChI is InChI=1S/C7H9ClN2O/c8-6-1-2-10-3-5(6)7(9)4-11/h1-3,7,11H,4,9H2/t7-/m1/s1. The van der Waals surface area contributed by atoms with E-state index in [4.69, 9.17) is 22.4 Å². The quantitative estimate of drug-likeness (QED) is 0.692. The maximum absolute atomic E-state index is 8.70. The van der Waals surface area contributed by atoms with Crippen LogP contribution in [0.4, 0.5) is 0 Å². The van der Waals surface area contributed by atoms with Crippen LogP contribution < -0.4 is 5.73 Å². The predicted molar refractivity (Wildman–Crippen MR) is 43.3 cm³/mol. The van der Waals surface area contributed by atoms with E-state index in [1.54, 1.807) is 18.5 Å². The molecule has 0 aliphatic heterocycles. The van der Waals surface area contributed by atoms with Crippen LogP contribution in [0.15, 0.2) is 18.5 Å². The summed E-state index contributed by atoms with van der Waals surface area (Å²) >= 11 is 5.77. The molecule has 3 N–H and O–H groups in total. The Bertz CT molecular complexity index is 242. The number of aliphatic hydroxyl groups excluding tert-OH is 1. The van der Waals surface area contributed by atoms with Crippen molar-refractivity contribution in [2.24, 2.45) is 5.73 Å². The normalized spacial score (nSPS) is 13.0. The lowest BCUT2D eigenvalue weighted by atomic mass is 10.1. The lowest BCUT2D eigenvalue weighted by Crippen LogP contribution is -2.14. The fourth-order valence-electron chi connectivity index (χ4n) is 0.761. The highest BCUT2D eigenvalue weighted by Gasteiger charge is 2.07. The van der Waals surface area contributed by atoms with Crippen molar-refractivity contribution in [3.63, 3.8) is 0 Å². The molecule has 0 spiro atoms. The van der Waals surface area contributed by atoms with Gasteiger partial charge in [0.1, 0.15) is 0 Å². The summed E-state index contributed by atoms with van der Waals surface area (Å²) in [5, 5.41) is 9.24. The van der Waals surface area contributed by atoms with Crippen LogP contribution in [0.1, 0.15) is 11.6 Å². The summed E-state index contributed by atoms with van der Waals surface area (Å²) in [6.07, 6.45) is 3.14. The zero-order valence-corrected chi connectivity index (χ0v) is 6.62. The molecule has 0 aliphatic carbocycles. The van der Waals surface area contributed by atoms with Gasteiger partial charge in [-0.05, 0) is 6.07 Å². The Morgan fingerprint density at radius 1 is 1.73 bits per heavy atom. The third kappa shape index (κ3) is 1.89. The number of pyridine rings is 1. The third-order valence-electron chi connectivity index (χ3n) is 1.39. The Balaban J connectivity index is 2.93. The molecule has 0 unspecified atom stereocenters. The van der Waals surface area contributed by atoms with E-state index in [1.165, 1.54) is 0 Å². The van der Waals surface area contributed by atoms with Gasteiger partial charge in [0.2, 0.25) is 0 Å². The number of aromatic nitrogens is 1. The van der Waals surface area contributed by atoms with Crippen LogP contribution in [0.3, 0.4) is 0 Å². The third-order valence-corrected chi connectivity index (χ3v) is 1.74. The highest BCUT2D eigenvalue weighted by atomic mass is 35.5. The van der Waals surface area contributed by atoms with Crippen molar-refractivity contribution in [1.82, 2.24) is 4.98 Å². The number of aliphatic hydroxyl groups is 1. The summed E-state index contributed by atoms with van der Waals surface area (Å²) < 4.78 is 0. The van der Waals surface area contributed by atoms with Gasteiger partial charge in [-0.3, -0.25) is 4.98 Å². The average molecular weight is 173 g/mol. The van der Waals surface area contributed by atoms with Crippen LogP contribution in [-0.4, -0.2) is 16.7 Å². The summed E-state index contributed by atoms with van der Waals surface area (Å²) in [4.78, 5) is 3.84. The Hall–Kier alpha value is -0.640. The van der Waals surface area contributed by atoms with Crippen molar-refractivity contribution >= 4 is 11.6 Å². The lowest BCUT2D eigenvalue weighted by Gasteiger charge is -2.08. The van der Waals surface area contributed by atoms with Crippen LogP contribution in [0.2, 0.25) is 5.02 Å². The molecule has 0 aliphatic rings. The van der Waals surface area contributed by atoms with E-state index in [1.807, 2.05) is 0 Å². The summed E-state index contributed by atoms with van der Waals surface area (Å²) in [6, 6.07) is 1.21. The van der Waals surface area contributed by atoms with Crippen LogP contribution >= 0.6 is 11.6 Å². The molecule has 1 atom stereocenters. The second-order valence-corrected chi connectivity index (χ2v) is 2.59. The molecule has 0 bridgehead atoms. The highest BCUT2D eigenvalue weighted by molar-refractivity contribution is 6.31. The first kappa shape index (κ1) is 8.46. The molecule has 1 heterocycles. The van der Waals surface area contributed by atoms with Crippen LogP contribution in [-0.2, 0) is 0 Å². The highest BCUT2D eigenvalue weighted by Crippen LogP contribution is 2.18. The molecule has 0 fully saturated rings. The van der Waals surface area contributed by atoms with Crippen molar-refractivity contribution < 1.29 is 5.11 Å². The number of hydrogen-bond donors (Lipinski definition) is 2. The van der Waals surface area contributed by atoms with Gasteiger partial charge in [-0.15, -0.1) is 0 Å². The van der Waals surface area contributed by atoms with E-state index < -0.39 is 6.04 Å². The van der Waals surface area contributed by atoms with Crippen molar-refractivity contribution in [2.45, 2.75) is 6.04 Å². The van der Waals surface area contributed by atoms with Crippen molar-refractivity contribution in [1.29, 1.82) is 0 Å². The molecular weight excluding hydrogens is 164 g/mol. The van der Waals surface area contributed by atoms with E-state index in [-0.39, 0.29) is 6.61 Å². The Morgan fingerprint density at radius 3 is 3.00 bits per heavy atom. The molecule has 0 aromatic carbocycles. The fraction of sp³-hybridized carbons (Fsp3) is 0.286. The molecular formula is C7H9ClN2O. The largest absolute Gasteiger partial charge is 0.394 e. The zero-order chi connectivity index (χ0) is 8.27. The van der Waals surface area contributed by atoms with E-state index in [2.05, 4.69) is 4.98 Å². The molecule has 1 aromatic heterocycles. The second-order valence-electron chi connectivity index (χ2n) is 2.19. The molecule has 0 amide bonds. The van der Waals surface area contributed by atoms with Crippen molar-refractivity contribution in [2.75, 3.05) is 6.61 Å². The monoisotopic (exact) mass is 172 g/mol. The molecule has 0 saturated heterocycles. The first-order valence-electron chi connectivity index (χ1n) is 3.21. The molecule has 3 nitrogen and oxygen atoms in total. The Kier molecular flexibility index (Phi) is 2.82. The Morgan fingerprint density at radius 2 is 2.45 bits per heavy atom. The number of nitrogens with zero attached hydrogens (tertiary/aromatic N) is 1. The van der Waals surface area contributed by atoms with Gasteiger partial charge in [0.15, 0.2) is 0 Å². The molecule has 60 valence electrons. The Labute approximate surface area is 69.8 Å². The van der Waals surface area contributed by atoms with Crippen LogP contribution in [0.5, 0.6) is 0 Å². The van der Waals surface area contributed by atoms with Gasteiger partial charge in [0.25, 0.3) is 0 Å². The topological polar surface area (TPSA) is 59.1 Å². The van der Waals surface area contributed by atoms with Gasteiger partial charge in [0, 0.05) is 23.0 Å². The van der Waals surface area contributed by atoms with Gasteiger partial charge in [-0.25, -0.2) is 0 Å². The van der Waals surface area contributed by atoms with Crippen LogP contribution in [0.25, 0.3) is 0 Å². The first-order chi connectivity index (χ1) is 5.25. The van der Waals surface area contributed by atoms with Gasteiger partial charge in [-0.2, -0.15) is 0 Å². The first-order valence-corrected chi connectivity index (χ1v) is 3.59. The number of halogens is 1. The molecule has 0 saturated carbocycles. The minimum absolute atomic E-state index is 0.120. The van der Waals surface area contributed by atoms with Gasteiger partial charge in [0.05, 0.1) is 12.6 Å². The van der Waals surface area contributed by atoms with Crippen LogP contribution in [0, 0.1) is 0 Å². The smallest absolute Gasteiger partial charge is 0.0625 e. The SMILES string of the molecule is N[C@H](CO)c1cnccc1Cl. The maximum atomic E-state index is 8.70. The molecule has 4 heteroatoms. The van der Waals surface area contributed by atoms with E-state index in [0.29, 0.717) is 10.6 Å². The van der Waals surface area contributed by atoms with Gasteiger partial charge in [-0.1, -0.05) is 11.6 Å². The summed E-state index contributed by atoms with van der Waals surface area (Å²) in [7, 11) is 0. The summed E-state index contributed by atoms with van der Waals surface area (Å²) in [5.41, 5.74) is 6.20. The molecule has 1 rings (SSSR count). The maximum Gasteiger partial charge on any atom is 0.0625 e. The lowest BCUT2D eigenvalue weighted by molar-refractivity contribution is 0.268. The fourth-order valence-corrected chi connectivity index (χ4v) is 1.01. The van der Waals surface area contributed by atoms with E-state index >= 15 is 0 Å². The minimum atomic E-state index is -0.434. The zero-order valence-electron chi connectivity index (χ0n) is 5.87. The summed E-state index contributed by atoms with van der Waals surface area (Å²) in [5.74, 6) is 0. The van der Waals surface area contributed by atoms with Crippen molar-refractivity contribution in [3.05, 3.63) is 29.0 Å². The van der Waals surface area contributed by atoms with E-state index in [0.717, 1.165) is 0 Å².